The van der Waals surface area contributed by atoms with Crippen LogP contribution in [0.3, 0.4) is 0 Å². The Bertz CT molecular complexity index is 2630. The zero-order valence-corrected chi connectivity index (χ0v) is 36.9. The molecular formula is C51H45ClF2N2O6S2. The molecule has 13 heteroatoms. The Morgan fingerprint density at radius 1 is 0.516 bits per heavy atom. The van der Waals surface area contributed by atoms with Crippen LogP contribution in [0.1, 0.15) is 37.4 Å². The molecule has 7 rings (SSSR count). The van der Waals surface area contributed by atoms with Crippen LogP contribution in [-0.4, -0.2) is 45.5 Å². The maximum atomic E-state index is 13.2. The highest BCUT2D eigenvalue weighted by Gasteiger charge is 2.18. The lowest BCUT2D eigenvalue weighted by Crippen LogP contribution is -2.40. The van der Waals surface area contributed by atoms with E-state index in [4.69, 9.17) is 20.2 Å². The smallest absolute Gasteiger partial charge is 0.261 e. The van der Waals surface area contributed by atoms with E-state index in [1.54, 1.807) is 11.8 Å². The van der Waals surface area contributed by atoms with E-state index < -0.39 is 14.9 Å². The van der Waals surface area contributed by atoms with Gasteiger partial charge in [-0.2, -0.15) is 0 Å². The van der Waals surface area contributed by atoms with Crippen LogP contribution in [0, 0.1) is 11.6 Å². The van der Waals surface area contributed by atoms with Crippen molar-refractivity contribution in [3.63, 3.8) is 0 Å². The van der Waals surface area contributed by atoms with Crippen LogP contribution in [0.4, 0.5) is 8.78 Å². The number of nitrogens with one attached hydrogen (secondary N) is 2. The second kappa shape index (κ2) is 23.8. The van der Waals surface area contributed by atoms with Gasteiger partial charge in [-0.1, -0.05) is 91.0 Å². The summed E-state index contributed by atoms with van der Waals surface area (Å²) in [5.41, 5.74) is 4.15. The minimum atomic E-state index is -3.81. The van der Waals surface area contributed by atoms with Crippen LogP contribution >= 0.6 is 22.4 Å². The van der Waals surface area contributed by atoms with Gasteiger partial charge in [-0.15, -0.1) is 11.8 Å². The van der Waals surface area contributed by atoms with Gasteiger partial charge in [0, 0.05) is 32.5 Å². The minimum absolute atomic E-state index is 0.0260. The highest BCUT2D eigenvalue weighted by Crippen LogP contribution is 2.25. The summed E-state index contributed by atoms with van der Waals surface area (Å²) in [7, 11) is 1.51. The molecule has 2 amide bonds. The molecule has 0 unspecified atom stereocenters. The molecule has 0 aromatic heterocycles. The summed E-state index contributed by atoms with van der Waals surface area (Å²) in [6.07, 6.45) is 1.14. The Kier molecular flexibility index (Phi) is 17.5. The standard InChI is InChI=1S/C29H26FNO2S.C22H19ClFNO4S/c30-25-13-11-24(12-14-25)29(32)31-26(19-22-7-3-1-4-8-22)20-33-27-15-17-28(18-16-27)34-21-23-9-5-2-6-10-23;23-30(27,28)21-12-10-20(11-13-21)29-15-19(14-16-4-2-1-3-5-16)25-22(26)17-6-8-18(24)9-7-17/h1-18,26H,19-21H2,(H,31,32);1-13,19H,14-15H2,(H,25,26)/t26-;19-/m00/s1. The SMILES string of the molecule is O=C(N[C@H](COc1ccc(S(=O)(=O)Cl)cc1)Cc1ccccc1)c1ccc(F)cc1.O=C(N[C@H](COc1ccc(SCc2ccccc2)cc1)Cc1ccccc1)c1ccc(F)cc1. The predicted octanol–water partition coefficient (Wildman–Crippen LogP) is 10.7. The number of amides is 2. The number of halogens is 3. The van der Waals surface area contributed by atoms with Gasteiger partial charge in [0.2, 0.25) is 0 Å². The maximum Gasteiger partial charge on any atom is 0.261 e. The molecule has 0 saturated carbocycles. The lowest BCUT2D eigenvalue weighted by Gasteiger charge is -2.20. The fourth-order valence-electron chi connectivity index (χ4n) is 6.31. The van der Waals surface area contributed by atoms with Gasteiger partial charge < -0.3 is 20.1 Å². The molecule has 2 atom stereocenters. The van der Waals surface area contributed by atoms with Gasteiger partial charge >= 0.3 is 0 Å². The number of rotatable bonds is 18. The molecule has 0 radical (unpaired) electrons. The first-order chi connectivity index (χ1) is 31.0. The highest BCUT2D eigenvalue weighted by atomic mass is 35.7. The van der Waals surface area contributed by atoms with Crippen molar-refractivity contribution in [2.24, 2.45) is 0 Å². The van der Waals surface area contributed by atoms with Crippen LogP contribution < -0.4 is 20.1 Å². The van der Waals surface area contributed by atoms with Gasteiger partial charge in [0.25, 0.3) is 20.9 Å². The molecular weight excluding hydrogens is 874 g/mol. The molecule has 8 nitrogen and oxygen atoms in total. The largest absolute Gasteiger partial charge is 0.491 e. The summed E-state index contributed by atoms with van der Waals surface area (Å²) >= 11 is 1.78. The van der Waals surface area contributed by atoms with Gasteiger partial charge in [-0.25, -0.2) is 17.2 Å². The van der Waals surface area contributed by atoms with Gasteiger partial charge in [0.05, 0.1) is 17.0 Å². The third kappa shape index (κ3) is 15.7. The molecule has 0 aliphatic heterocycles. The molecule has 0 aliphatic rings. The van der Waals surface area contributed by atoms with E-state index in [1.807, 2.05) is 103 Å². The van der Waals surface area contributed by atoms with Gasteiger partial charge in [-0.05, 0) is 127 Å². The Morgan fingerprint density at radius 2 is 0.891 bits per heavy atom. The van der Waals surface area contributed by atoms with Crippen LogP contribution in [0.5, 0.6) is 11.5 Å². The van der Waals surface area contributed by atoms with E-state index in [0.29, 0.717) is 36.3 Å². The maximum absolute atomic E-state index is 13.2. The van der Waals surface area contributed by atoms with Crippen molar-refractivity contribution in [3.8, 4) is 11.5 Å². The molecule has 64 heavy (non-hydrogen) atoms. The van der Waals surface area contributed by atoms with Crippen molar-refractivity contribution in [3.05, 3.63) is 228 Å². The van der Waals surface area contributed by atoms with Crippen molar-refractivity contribution in [1.82, 2.24) is 10.6 Å². The molecule has 328 valence electrons. The first-order valence-electron chi connectivity index (χ1n) is 20.2. The van der Waals surface area contributed by atoms with E-state index >= 15 is 0 Å². The van der Waals surface area contributed by atoms with Crippen LogP contribution in [0.2, 0.25) is 0 Å². The number of ether oxygens (including phenoxy) is 2. The summed E-state index contributed by atoms with van der Waals surface area (Å²) in [4.78, 5) is 26.4. The number of carbonyl (C=O) groups excluding carboxylic acids is 2. The van der Waals surface area contributed by atoms with Crippen molar-refractivity contribution >= 4 is 43.3 Å². The molecule has 7 aromatic carbocycles. The number of benzene rings is 7. The fourth-order valence-corrected chi connectivity index (χ4v) is 7.93. The third-order valence-corrected chi connectivity index (χ3v) is 12.1. The lowest BCUT2D eigenvalue weighted by atomic mass is 10.1. The number of thioether (sulfide) groups is 1. The average Bonchev–Trinajstić information content (AvgIpc) is 3.31. The lowest BCUT2D eigenvalue weighted by molar-refractivity contribution is 0.0913. The number of carbonyl (C=O) groups is 2. The van der Waals surface area contributed by atoms with Crippen molar-refractivity contribution in [1.29, 1.82) is 0 Å². The zero-order chi connectivity index (χ0) is 45.2. The Balaban J connectivity index is 0.000000214. The van der Waals surface area contributed by atoms with Crippen molar-refractivity contribution in [2.75, 3.05) is 13.2 Å². The molecule has 0 bridgehead atoms. The number of hydrogen-bond donors (Lipinski definition) is 2. The zero-order valence-electron chi connectivity index (χ0n) is 34.5. The molecule has 0 heterocycles. The van der Waals surface area contributed by atoms with Gasteiger partial charge in [0.1, 0.15) is 36.3 Å². The number of hydrogen-bond acceptors (Lipinski definition) is 7. The van der Waals surface area contributed by atoms with E-state index in [2.05, 4.69) is 22.8 Å². The molecule has 0 spiro atoms. The molecule has 2 N–H and O–H groups in total. The fraction of sp³-hybridized carbons (Fsp3) is 0.137. The van der Waals surface area contributed by atoms with Crippen LogP contribution in [-0.2, 0) is 27.6 Å². The molecule has 0 fully saturated rings. The summed E-state index contributed by atoms with van der Waals surface area (Å²) in [6, 6.07) is 53.8. The molecule has 0 saturated heterocycles. The predicted molar refractivity (Wildman–Crippen MR) is 249 cm³/mol. The van der Waals surface area contributed by atoms with Gasteiger partial charge in [0.15, 0.2) is 0 Å². The summed E-state index contributed by atoms with van der Waals surface area (Å²) in [5.74, 6) is 0.714. The van der Waals surface area contributed by atoms with Crippen molar-refractivity contribution < 1.29 is 36.3 Å². The van der Waals surface area contributed by atoms with E-state index in [1.165, 1.54) is 83.3 Å². The van der Waals surface area contributed by atoms with Crippen LogP contribution in [0.25, 0.3) is 0 Å². The van der Waals surface area contributed by atoms with Crippen LogP contribution in [0.15, 0.2) is 198 Å². The molecule has 7 aromatic rings. The Hall–Kier alpha value is -6.47. The third-order valence-electron chi connectivity index (χ3n) is 9.61. The van der Waals surface area contributed by atoms with Gasteiger partial charge in [-0.3, -0.25) is 9.59 Å². The monoisotopic (exact) mass is 918 g/mol. The first-order valence-corrected chi connectivity index (χ1v) is 23.5. The molecule has 0 aliphatic carbocycles. The summed E-state index contributed by atoms with van der Waals surface area (Å²) in [5, 5.41) is 5.93. The second-order valence-electron chi connectivity index (χ2n) is 14.5. The van der Waals surface area contributed by atoms with Crippen molar-refractivity contribution in [2.45, 2.75) is 40.5 Å². The average molecular weight is 920 g/mol. The summed E-state index contributed by atoms with van der Waals surface area (Å²) < 4.78 is 60.8. The highest BCUT2D eigenvalue weighted by molar-refractivity contribution is 8.13. The quantitative estimate of drug-likeness (QED) is 0.0651. The Morgan fingerprint density at radius 3 is 1.28 bits per heavy atom. The minimum Gasteiger partial charge on any atom is -0.491 e. The normalized spacial score (nSPS) is 11.9. The second-order valence-corrected chi connectivity index (χ2v) is 18.1. The Labute approximate surface area is 381 Å². The van der Waals surface area contributed by atoms with E-state index in [-0.39, 0.29) is 41.2 Å². The van der Waals surface area contributed by atoms with E-state index in [0.717, 1.165) is 22.6 Å². The first kappa shape index (κ1) is 47.0. The topological polar surface area (TPSA) is 111 Å². The van der Waals surface area contributed by atoms with E-state index in [9.17, 15) is 26.8 Å². The summed E-state index contributed by atoms with van der Waals surface area (Å²) in [6.45, 7) is 0.465.